The van der Waals surface area contributed by atoms with Crippen LogP contribution in [0, 0.1) is 5.92 Å². The van der Waals surface area contributed by atoms with Crippen LogP contribution in [0.4, 0.5) is 0 Å². The van der Waals surface area contributed by atoms with Crippen LogP contribution in [-0.4, -0.2) is 62.8 Å². The van der Waals surface area contributed by atoms with Gasteiger partial charge in [-0.25, -0.2) is 0 Å². The van der Waals surface area contributed by atoms with Gasteiger partial charge in [0.15, 0.2) is 0 Å². The van der Waals surface area contributed by atoms with E-state index in [1.165, 1.54) is 0 Å². The van der Waals surface area contributed by atoms with Crippen LogP contribution in [0.25, 0.3) is 0 Å². The SMILES string of the molecule is CCN[C@H](C(=O)NCCN1CCOCC1)[C@@H](C)CC. The summed E-state index contributed by atoms with van der Waals surface area (Å²) in [5.41, 5.74) is 0. The average molecular weight is 271 g/mol. The van der Waals surface area contributed by atoms with Crippen molar-refractivity contribution in [1.82, 2.24) is 15.5 Å². The van der Waals surface area contributed by atoms with E-state index in [9.17, 15) is 4.79 Å². The number of hydrogen-bond donors (Lipinski definition) is 2. The fourth-order valence-corrected chi connectivity index (χ4v) is 2.28. The lowest BCUT2D eigenvalue weighted by molar-refractivity contribution is -0.124. The van der Waals surface area contributed by atoms with Gasteiger partial charge in [-0.3, -0.25) is 9.69 Å². The van der Waals surface area contributed by atoms with Gasteiger partial charge < -0.3 is 15.4 Å². The quantitative estimate of drug-likeness (QED) is 0.673. The molecule has 0 bridgehead atoms. The molecule has 1 fully saturated rings. The van der Waals surface area contributed by atoms with Crippen LogP contribution in [0.1, 0.15) is 27.2 Å². The fourth-order valence-electron chi connectivity index (χ4n) is 2.28. The van der Waals surface area contributed by atoms with Crippen molar-refractivity contribution in [3.8, 4) is 0 Å². The molecule has 2 N–H and O–H groups in total. The predicted octanol–water partition coefficient (Wildman–Crippen LogP) is 0.459. The van der Waals surface area contributed by atoms with Gasteiger partial charge in [-0.05, 0) is 12.5 Å². The number of rotatable bonds is 8. The van der Waals surface area contributed by atoms with E-state index in [1.807, 2.05) is 6.92 Å². The predicted molar refractivity (Wildman–Crippen MR) is 77.2 cm³/mol. The molecule has 1 aliphatic rings. The summed E-state index contributed by atoms with van der Waals surface area (Å²) in [7, 11) is 0. The van der Waals surface area contributed by atoms with E-state index in [0.29, 0.717) is 5.92 Å². The molecular formula is C14H29N3O2. The molecule has 2 atom stereocenters. The summed E-state index contributed by atoms with van der Waals surface area (Å²) in [6.07, 6.45) is 1.01. The zero-order valence-corrected chi connectivity index (χ0v) is 12.6. The lowest BCUT2D eigenvalue weighted by Crippen LogP contribution is -2.50. The molecule has 0 aliphatic carbocycles. The van der Waals surface area contributed by atoms with Crippen molar-refractivity contribution in [2.75, 3.05) is 45.9 Å². The van der Waals surface area contributed by atoms with Gasteiger partial charge in [0.2, 0.25) is 5.91 Å². The minimum absolute atomic E-state index is 0.0697. The van der Waals surface area contributed by atoms with Gasteiger partial charge in [0.25, 0.3) is 0 Å². The maximum Gasteiger partial charge on any atom is 0.237 e. The van der Waals surface area contributed by atoms with E-state index in [-0.39, 0.29) is 11.9 Å². The highest BCUT2D eigenvalue weighted by molar-refractivity contribution is 5.82. The third kappa shape index (κ3) is 5.89. The Labute approximate surface area is 117 Å². The third-order valence-electron chi connectivity index (χ3n) is 3.75. The highest BCUT2D eigenvalue weighted by Crippen LogP contribution is 2.07. The van der Waals surface area contributed by atoms with Crippen molar-refractivity contribution in [3.05, 3.63) is 0 Å². The van der Waals surface area contributed by atoms with Gasteiger partial charge >= 0.3 is 0 Å². The van der Waals surface area contributed by atoms with Crippen molar-refractivity contribution in [2.45, 2.75) is 33.2 Å². The lowest BCUT2D eigenvalue weighted by atomic mass is 9.98. The smallest absolute Gasteiger partial charge is 0.237 e. The molecule has 0 radical (unpaired) electrons. The van der Waals surface area contributed by atoms with Crippen LogP contribution in [0.15, 0.2) is 0 Å². The van der Waals surface area contributed by atoms with Crippen molar-refractivity contribution < 1.29 is 9.53 Å². The van der Waals surface area contributed by atoms with Gasteiger partial charge in [-0.2, -0.15) is 0 Å². The number of nitrogens with zero attached hydrogens (tertiary/aromatic N) is 1. The number of amides is 1. The van der Waals surface area contributed by atoms with Crippen molar-refractivity contribution in [2.24, 2.45) is 5.92 Å². The molecule has 1 heterocycles. The first-order valence-electron chi connectivity index (χ1n) is 7.50. The van der Waals surface area contributed by atoms with Crippen molar-refractivity contribution >= 4 is 5.91 Å². The molecule has 5 nitrogen and oxygen atoms in total. The second-order valence-electron chi connectivity index (χ2n) is 5.17. The molecule has 0 saturated carbocycles. The first kappa shape index (κ1) is 16.4. The number of nitrogens with one attached hydrogen (secondary N) is 2. The molecule has 112 valence electrons. The first-order valence-corrected chi connectivity index (χ1v) is 7.50. The first-order chi connectivity index (χ1) is 9.19. The van der Waals surface area contributed by atoms with E-state index in [0.717, 1.165) is 52.4 Å². The van der Waals surface area contributed by atoms with Crippen LogP contribution in [0.5, 0.6) is 0 Å². The minimum atomic E-state index is -0.0697. The summed E-state index contributed by atoms with van der Waals surface area (Å²) >= 11 is 0. The second kappa shape index (κ2) is 9.28. The molecule has 1 amide bonds. The Hall–Kier alpha value is -0.650. The number of likely N-dealkylation sites (N-methyl/N-ethyl adjacent to an activating group) is 1. The molecule has 0 aromatic rings. The van der Waals surface area contributed by atoms with Crippen LogP contribution in [0.2, 0.25) is 0 Å². The summed E-state index contributed by atoms with van der Waals surface area (Å²) in [5, 5.41) is 6.32. The molecule has 0 spiro atoms. The second-order valence-corrected chi connectivity index (χ2v) is 5.17. The Kier molecular flexibility index (Phi) is 8.02. The zero-order chi connectivity index (χ0) is 14.1. The van der Waals surface area contributed by atoms with Crippen LogP contribution >= 0.6 is 0 Å². The van der Waals surface area contributed by atoms with Gasteiger partial charge in [-0.15, -0.1) is 0 Å². The Balaban J connectivity index is 2.26. The highest BCUT2D eigenvalue weighted by Gasteiger charge is 2.22. The summed E-state index contributed by atoms with van der Waals surface area (Å²) < 4.78 is 5.30. The fraction of sp³-hybridized carbons (Fsp3) is 0.929. The maximum atomic E-state index is 12.2. The van der Waals surface area contributed by atoms with E-state index in [1.54, 1.807) is 0 Å². The standard InChI is InChI=1S/C14H29N3O2/c1-4-12(3)13(15-5-2)14(18)16-6-7-17-8-10-19-11-9-17/h12-13,15H,4-11H2,1-3H3,(H,16,18)/t12-,13-/m0/s1. The summed E-state index contributed by atoms with van der Waals surface area (Å²) in [6, 6.07) is -0.0697. The number of carbonyl (C=O) groups is 1. The van der Waals surface area contributed by atoms with Crippen LogP contribution < -0.4 is 10.6 Å². The Bertz CT molecular complexity index is 255. The van der Waals surface area contributed by atoms with E-state index in [4.69, 9.17) is 4.74 Å². The van der Waals surface area contributed by atoms with Gasteiger partial charge in [-0.1, -0.05) is 27.2 Å². The molecule has 1 rings (SSSR count). The van der Waals surface area contributed by atoms with Crippen molar-refractivity contribution in [1.29, 1.82) is 0 Å². The average Bonchev–Trinajstić information content (AvgIpc) is 2.45. The number of carbonyl (C=O) groups excluding carboxylic acids is 1. The molecule has 0 unspecified atom stereocenters. The number of hydrogen-bond acceptors (Lipinski definition) is 4. The van der Waals surface area contributed by atoms with Crippen LogP contribution in [0.3, 0.4) is 0 Å². The monoisotopic (exact) mass is 271 g/mol. The van der Waals surface area contributed by atoms with Gasteiger partial charge in [0.05, 0.1) is 19.3 Å². The molecular weight excluding hydrogens is 242 g/mol. The van der Waals surface area contributed by atoms with Crippen LogP contribution in [-0.2, 0) is 9.53 Å². The summed E-state index contributed by atoms with van der Waals surface area (Å²) in [4.78, 5) is 14.5. The summed E-state index contributed by atoms with van der Waals surface area (Å²) in [6.45, 7) is 12.3. The Morgan fingerprint density at radius 1 is 1.32 bits per heavy atom. The van der Waals surface area contributed by atoms with Gasteiger partial charge in [0.1, 0.15) is 0 Å². The Morgan fingerprint density at radius 2 is 2.00 bits per heavy atom. The number of ether oxygens (including phenoxy) is 1. The number of morpholine rings is 1. The molecule has 0 aromatic heterocycles. The van der Waals surface area contributed by atoms with E-state index in [2.05, 4.69) is 29.4 Å². The molecule has 5 heteroatoms. The highest BCUT2D eigenvalue weighted by atomic mass is 16.5. The topological polar surface area (TPSA) is 53.6 Å². The third-order valence-corrected chi connectivity index (χ3v) is 3.75. The largest absolute Gasteiger partial charge is 0.379 e. The zero-order valence-electron chi connectivity index (χ0n) is 12.6. The molecule has 19 heavy (non-hydrogen) atoms. The normalized spacial score (nSPS) is 19.9. The van der Waals surface area contributed by atoms with E-state index >= 15 is 0 Å². The molecule has 0 aromatic carbocycles. The van der Waals surface area contributed by atoms with Crippen molar-refractivity contribution in [3.63, 3.8) is 0 Å². The van der Waals surface area contributed by atoms with E-state index < -0.39 is 0 Å². The molecule has 1 saturated heterocycles. The lowest BCUT2D eigenvalue weighted by Gasteiger charge is -2.27. The summed E-state index contributed by atoms with van der Waals surface area (Å²) in [5.74, 6) is 0.493. The maximum absolute atomic E-state index is 12.2. The van der Waals surface area contributed by atoms with Gasteiger partial charge in [0, 0.05) is 26.2 Å². The minimum Gasteiger partial charge on any atom is -0.379 e. The molecule has 1 aliphatic heterocycles. The Morgan fingerprint density at radius 3 is 2.58 bits per heavy atom.